The molecule has 0 saturated carbocycles. The van der Waals surface area contributed by atoms with Gasteiger partial charge in [-0.15, -0.1) is 0 Å². The fraction of sp³-hybridized carbons (Fsp3) is 0.667. The number of esters is 1. The van der Waals surface area contributed by atoms with Crippen molar-refractivity contribution in [3.8, 4) is 0 Å². The van der Waals surface area contributed by atoms with Crippen LogP contribution in [-0.2, 0) is 19.1 Å². The van der Waals surface area contributed by atoms with Crippen LogP contribution in [0.3, 0.4) is 0 Å². The van der Waals surface area contributed by atoms with E-state index in [2.05, 4.69) is 4.74 Å². The second kappa shape index (κ2) is 4.21. The Morgan fingerprint density at radius 3 is 2.50 bits per heavy atom. The maximum atomic E-state index is 11.3. The fourth-order valence-corrected chi connectivity index (χ4v) is 1.59. The SMILES string of the molecule is COC(=O)[C@H]1CCCN1C(=O)C(C)=O. The van der Waals surface area contributed by atoms with E-state index in [0.717, 1.165) is 6.42 Å². The number of hydrogen-bond donors (Lipinski definition) is 0. The van der Waals surface area contributed by atoms with Crippen molar-refractivity contribution in [3.05, 3.63) is 0 Å². The van der Waals surface area contributed by atoms with Crippen LogP contribution in [0.25, 0.3) is 0 Å². The number of ketones is 1. The molecule has 1 fully saturated rings. The highest BCUT2D eigenvalue weighted by molar-refractivity contribution is 6.35. The molecule has 1 heterocycles. The van der Waals surface area contributed by atoms with Crippen molar-refractivity contribution in [1.82, 2.24) is 4.90 Å². The van der Waals surface area contributed by atoms with Gasteiger partial charge in [0, 0.05) is 13.5 Å². The Morgan fingerprint density at radius 2 is 2.00 bits per heavy atom. The van der Waals surface area contributed by atoms with Gasteiger partial charge in [-0.1, -0.05) is 0 Å². The molecule has 78 valence electrons. The van der Waals surface area contributed by atoms with Gasteiger partial charge < -0.3 is 9.64 Å². The van der Waals surface area contributed by atoms with Crippen LogP contribution in [0, 0.1) is 0 Å². The molecule has 1 aliphatic rings. The van der Waals surface area contributed by atoms with Crippen molar-refractivity contribution in [2.24, 2.45) is 0 Å². The normalized spacial score (nSPS) is 20.7. The van der Waals surface area contributed by atoms with Crippen LogP contribution in [0.2, 0.25) is 0 Å². The van der Waals surface area contributed by atoms with Crippen LogP contribution in [0.4, 0.5) is 0 Å². The molecule has 0 bridgehead atoms. The molecular weight excluding hydrogens is 186 g/mol. The van der Waals surface area contributed by atoms with Gasteiger partial charge >= 0.3 is 5.97 Å². The summed E-state index contributed by atoms with van der Waals surface area (Å²) in [7, 11) is 1.27. The molecule has 1 aliphatic heterocycles. The second-order valence-corrected chi connectivity index (χ2v) is 3.24. The zero-order valence-electron chi connectivity index (χ0n) is 8.28. The Morgan fingerprint density at radius 1 is 1.36 bits per heavy atom. The van der Waals surface area contributed by atoms with Gasteiger partial charge in [-0.3, -0.25) is 9.59 Å². The first-order valence-electron chi connectivity index (χ1n) is 4.47. The number of rotatable bonds is 2. The van der Waals surface area contributed by atoms with Crippen molar-refractivity contribution in [1.29, 1.82) is 0 Å². The van der Waals surface area contributed by atoms with E-state index >= 15 is 0 Å². The summed E-state index contributed by atoms with van der Waals surface area (Å²) in [5.41, 5.74) is 0. The number of likely N-dealkylation sites (tertiary alicyclic amines) is 1. The molecule has 0 unspecified atom stereocenters. The lowest BCUT2D eigenvalue weighted by atomic mass is 10.2. The molecule has 1 rings (SSSR count). The summed E-state index contributed by atoms with van der Waals surface area (Å²) in [5, 5.41) is 0. The molecule has 14 heavy (non-hydrogen) atoms. The first kappa shape index (κ1) is 10.7. The lowest BCUT2D eigenvalue weighted by Gasteiger charge is -2.20. The maximum absolute atomic E-state index is 11.3. The summed E-state index contributed by atoms with van der Waals surface area (Å²) in [6.45, 7) is 1.66. The topological polar surface area (TPSA) is 63.7 Å². The Balaban J connectivity index is 2.73. The van der Waals surface area contributed by atoms with Gasteiger partial charge in [0.05, 0.1) is 7.11 Å². The summed E-state index contributed by atoms with van der Waals surface area (Å²) < 4.78 is 4.55. The summed E-state index contributed by atoms with van der Waals surface area (Å²) in [6.07, 6.45) is 1.31. The summed E-state index contributed by atoms with van der Waals surface area (Å²) in [4.78, 5) is 34.7. The number of nitrogens with zero attached hydrogens (tertiary/aromatic N) is 1. The monoisotopic (exact) mass is 199 g/mol. The zero-order chi connectivity index (χ0) is 10.7. The second-order valence-electron chi connectivity index (χ2n) is 3.24. The van der Waals surface area contributed by atoms with Crippen LogP contribution >= 0.6 is 0 Å². The van der Waals surface area contributed by atoms with Crippen molar-refractivity contribution >= 4 is 17.7 Å². The van der Waals surface area contributed by atoms with Crippen LogP contribution in [0.5, 0.6) is 0 Å². The maximum Gasteiger partial charge on any atom is 0.328 e. The van der Waals surface area contributed by atoms with Crippen molar-refractivity contribution < 1.29 is 19.1 Å². The number of methoxy groups -OCH3 is 1. The molecule has 5 nitrogen and oxygen atoms in total. The molecule has 0 aliphatic carbocycles. The van der Waals surface area contributed by atoms with Gasteiger partial charge in [0.25, 0.3) is 5.91 Å². The molecule has 0 aromatic carbocycles. The fourth-order valence-electron chi connectivity index (χ4n) is 1.59. The van der Waals surface area contributed by atoms with E-state index in [-0.39, 0.29) is 0 Å². The summed E-state index contributed by atoms with van der Waals surface area (Å²) in [6, 6.07) is -0.573. The Kier molecular flexibility index (Phi) is 3.22. The standard InChI is InChI=1S/C9H13NO4/c1-6(11)8(12)10-5-3-4-7(10)9(13)14-2/h7H,3-5H2,1-2H3/t7-/m1/s1. The van der Waals surface area contributed by atoms with E-state index < -0.39 is 23.7 Å². The smallest absolute Gasteiger partial charge is 0.328 e. The van der Waals surface area contributed by atoms with Crippen LogP contribution in [0.15, 0.2) is 0 Å². The first-order valence-corrected chi connectivity index (χ1v) is 4.47. The van der Waals surface area contributed by atoms with Crippen LogP contribution < -0.4 is 0 Å². The zero-order valence-corrected chi connectivity index (χ0v) is 8.28. The minimum absolute atomic E-state index is 0.447. The Hall–Kier alpha value is -1.39. The molecule has 0 radical (unpaired) electrons. The van der Waals surface area contributed by atoms with E-state index in [1.165, 1.54) is 18.9 Å². The number of hydrogen-bond acceptors (Lipinski definition) is 4. The molecule has 1 atom stereocenters. The first-order chi connectivity index (χ1) is 6.57. The highest BCUT2D eigenvalue weighted by Crippen LogP contribution is 2.18. The quantitative estimate of drug-likeness (QED) is 0.454. The van der Waals surface area contributed by atoms with Crippen LogP contribution in [-0.4, -0.2) is 42.3 Å². The lowest BCUT2D eigenvalue weighted by molar-refractivity contribution is -0.153. The predicted molar refractivity (Wildman–Crippen MR) is 47.4 cm³/mol. The van der Waals surface area contributed by atoms with Gasteiger partial charge in [-0.2, -0.15) is 0 Å². The molecule has 5 heteroatoms. The summed E-state index contributed by atoms with van der Waals surface area (Å²) in [5.74, 6) is -1.59. The van der Waals surface area contributed by atoms with Gasteiger partial charge in [0.2, 0.25) is 5.78 Å². The third-order valence-electron chi connectivity index (χ3n) is 2.29. The number of carbonyl (C=O) groups excluding carboxylic acids is 3. The van der Waals surface area contributed by atoms with E-state index in [0.29, 0.717) is 13.0 Å². The third-order valence-corrected chi connectivity index (χ3v) is 2.29. The highest BCUT2D eigenvalue weighted by atomic mass is 16.5. The van der Waals surface area contributed by atoms with Crippen molar-refractivity contribution in [2.45, 2.75) is 25.8 Å². The minimum Gasteiger partial charge on any atom is -0.467 e. The summed E-state index contributed by atoms with van der Waals surface area (Å²) >= 11 is 0. The van der Waals surface area contributed by atoms with Crippen molar-refractivity contribution in [3.63, 3.8) is 0 Å². The van der Waals surface area contributed by atoms with Gasteiger partial charge in [0.15, 0.2) is 0 Å². The van der Waals surface area contributed by atoms with E-state index in [4.69, 9.17) is 0 Å². The molecule has 0 aromatic rings. The van der Waals surface area contributed by atoms with Gasteiger partial charge in [0.1, 0.15) is 6.04 Å². The molecule has 1 saturated heterocycles. The average Bonchev–Trinajstić information content (AvgIpc) is 2.63. The van der Waals surface area contributed by atoms with E-state index in [1.54, 1.807) is 0 Å². The number of carbonyl (C=O) groups is 3. The van der Waals surface area contributed by atoms with Crippen LogP contribution in [0.1, 0.15) is 19.8 Å². The predicted octanol–water partition coefficient (Wildman–Crippen LogP) is -0.261. The molecule has 0 N–H and O–H groups in total. The molecule has 0 spiro atoms. The number of amides is 1. The molecular formula is C9H13NO4. The lowest BCUT2D eigenvalue weighted by Crippen LogP contribution is -2.43. The Bertz CT molecular complexity index is 274. The third kappa shape index (κ3) is 1.92. The van der Waals surface area contributed by atoms with Gasteiger partial charge in [-0.25, -0.2) is 4.79 Å². The highest BCUT2D eigenvalue weighted by Gasteiger charge is 2.36. The van der Waals surface area contributed by atoms with Crippen molar-refractivity contribution in [2.75, 3.05) is 13.7 Å². The number of ether oxygens (including phenoxy) is 1. The number of Topliss-reactive ketones (excluding diaryl/α,β-unsaturated/α-hetero) is 1. The molecule has 0 aromatic heterocycles. The molecule has 1 amide bonds. The van der Waals surface area contributed by atoms with E-state index in [9.17, 15) is 14.4 Å². The average molecular weight is 199 g/mol. The Labute approximate surface area is 82.0 Å². The van der Waals surface area contributed by atoms with Gasteiger partial charge in [-0.05, 0) is 12.8 Å². The minimum atomic E-state index is -0.599. The largest absolute Gasteiger partial charge is 0.467 e. The van der Waals surface area contributed by atoms with E-state index in [1.807, 2.05) is 0 Å².